The van der Waals surface area contributed by atoms with Crippen LogP contribution in [0.3, 0.4) is 0 Å². The number of rotatable bonds is 16. The van der Waals surface area contributed by atoms with Crippen molar-refractivity contribution in [2.75, 3.05) is 20.7 Å². The number of fused-ring (bicyclic) bond motifs is 2. The maximum absolute atomic E-state index is 15.2. The number of esters is 1. The van der Waals surface area contributed by atoms with E-state index in [-0.39, 0.29) is 56.8 Å². The molecule has 75 heavy (non-hydrogen) atoms. The largest absolute Gasteiger partial charge is 0.497 e. The van der Waals surface area contributed by atoms with Gasteiger partial charge in [0.25, 0.3) is 0 Å². The Balaban J connectivity index is 1.62. The number of cyclic esters (lactones) is 1. The van der Waals surface area contributed by atoms with Gasteiger partial charge < -0.3 is 61.6 Å². The number of benzene rings is 2. The molecule has 0 radical (unpaired) electrons. The first-order valence-electron chi connectivity index (χ1n) is 25.8. The van der Waals surface area contributed by atoms with Crippen molar-refractivity contribution in [2.45, 2.75) is 166 Å². The molecular weight excluding hydrogens is 971 g/mol. The van der Waals surface area contributed by atoms with Gasteiger partial charge in [-0.3, -0.25) is 43.2 Å². The average Bonchev–Trinajstić information content (AvgIpc) is 3.88. The summed E-state index contributed by atoms with van der Waals surface area (Å²) in [5.74, 6) is -8.38. The monoisotopic (exact) mass is 1050 g/mol. The second-order valence-electron chi connectivity index (χ2n) is 20.2. The highest BCUT2D eigenvalue weighted by molar-refractivity contribution is 5.99. The summed E-state index contributed by atoms with van der Waals surface area (Å²) < 4.78 is 11.3. The highest BCUT2D eigenvalue weighted by atomic mass is 16.5. The van der Waals surface area contributed by atoms with E-state index >= 15 is 4.79 Å². The quantitative estimate of drug-likeness (QED) is 0.112. The molecule has 410 valence electrons. The number of aliphatic hydroxyl groups excluding tert-OH is 1. The van der Waals surface area contributed by atoms with E-state index in [0.29, 0.717) is 42.7 Å². The highest BCUT2D eigenvalue weighted by Crippen LogP contribution is 2.26. The Labute approximate surface area is 437 Å². The summed E-state index contributed by atoms with van der Waals surface area (Å²) in [6.45, 7) is 9.95. The Morgan fingerprint density at radius 3 is 2.12 bits per heavy atom. The molecule has 3 saturated heterocycles. The number of primary amides is 1. The van der Waals surface area contributed by atoms with Gasteiger partial charge in [0.15, 0.2) is 0 Å². The number of carbonyl (C=O) groups is 10. The number of hydrogen-bond donors (Lipinski definition) is 7. The molecule has 11 atom stereocenters. The van der Waals surface area contributed by atoms with Crippen LogP contribution in [0, 0.1) is 11.8 Å². The molecule has 0 spiro atoms. The Kier molecular flexibility index (Phi) is 21.1. The fourth-order valence-corrected chi connectivity index (χ4v) is 9.69. The van der Waals surface area contributed by atoms with Crippen molar-refractivity contribution < 1.29 is 62.5 Å². The van der Waals surface area contributed by atoms with Crippen LogP contribution in [0.5, 0.6) is 5.75 Å². The Hall–Kier alpha value is -7.10. The third kappa shape index (κ3) is 15.5. The van der Waals surface area contributed by atoms with Crippen molar-refractivity contribution in [2.24, 2.45) is 17.6 Å². The van der Waals surface area contributed by atoms with Crippen molar-refractivity contribution in [1.29, 1.82) is 0 Å². The summed E-state index contributed by atoms with van der Waals surface area (Å²) in [7, 11) is 2.89. The van der Waals surface area contributed by atoms with E-state index in [1.807, 2.05) is 0 Å². The molecule has 2 aromatic rings. The van der Waals surface area contributed by atoms with Crippen molar-refractivity contribution in [3.8, 4) is 5.75 Å². The van der Waals surface area contributed by atoms with E-state index in [9.17, 15) is 48.3 Å². The molecule has 22 nitrogen and oxygen atoms in total. The van der Waals surface area contributed by atoms with Gasteiger partial charge in [0, 0.05) is 39.8 Å². The lowest BCUT2D eigenvalue weighted by molar-refractivity contribution is -0.165. The first-order chi connectivity index (χ1) is 35.5. The standard InChI is InChI=1S/C53H75N9O13/c1-9-30(4)44-53(73)75-31(5)45(59-46(66)36(21-23-42(54)64)55-48(68)39-16-13-25-61(39)32(6)63)50(70)57-38(26-29(2)3)47(67)56-37-22-24-43(65)62(51(37)71)41(28-33-14-11-10-12-15-33)52(72)60(7)40(49(69)58-44)27-34-17-19-35(74-8)20-18-34/h10-12,14-15,17-20,29-31,36-41,43-45,65H,9,13,16,21-28H2,1-8H3,(H2,54,64)(H,55,68)(H,56,67)(H,57,70)(H,58,69)(H,59,66)/t30-,31+,36-,37-,38-,39-,40-,41-,43+,44-,45-/m0/s1. The van der Waals surface area contributed by atoms with Crippen molar-refractivity contribution in [3.63, 3.8) is 0 Å². The van der Waals surface area contributed by atoms with Crippen molar-refractivity contribution >= 4 is 59.1 Å². The highest BCUT2D eigenvalue weighted by Gasteiger charge is 2.46. The molecule has 3 aliphatic rings. The lowest BCUT2D eigenvalue weighted by Gasteiger charge is -2.43. The number of amides is 9. The number of nitrogens with zero attached hydrogens (tertiary/aromatic N) is 3. The van der Waals surface area contributed by atoms with E-state index in [0.717, 1.165) is 4.90 Å². The minimum Gasteiger partial charge on any atom is -0.497 e. The zero-order chi connectivity index (χ0) is 55.3. The number of likely N-dealkylation sites (N-methyl/N-ethyl adjacent to an activating group) is 1. The molecule has 0 aromatic heterocycles. The predicted molar refractivity (Wildman–Crippen MR) is 272 cm³/mol. The number of nitrogens with one attached hydrogen (secondary N) is 5. The van der Waals surface area contributed by atoms with Crippen LogP contribution in [0.15, 0.2) is 54.6 Å². The van der Waals surface area contributed by atoms with Gasteiger partial charge in [0.1, 0.15) is 66.4 Å². The summed E-state index contributed by atoms with van der Waals surface area (Å²) in [5.41, 5.74) is 6.68. The minimum absolute atomic E-state index is 0.00259. The summed E-state index contributed by atoms with van der Waals surface area (Å²) in [5, 5.41) is 25.0. The maximum Gasteiger partial charge on any atom is 0.329 e. The number of ether oxygens (including phenoxy) is 2. The topological polar surface area (TPSA) is 305 Å². The van der Waals surface area contributed by atoms with E-state index in [4.69, 9.17) is 15.2 Å². The van der Waals surface area contributed by atoms with Crippen LogP contribution >= 0.6 is 0 Å². The van der Waals surface area contributed by atoms with Gasteiger partial charge in [-0.05, 0) is 80.5 Å². The zero-order valence-corrected chi connectivity index (χ0v) is 44.2. The lowest BCUT2D eigenvalue weighted by Crippen LogP contribution is -2.65. The Morgan fingerprint density at radius 2 is 1.51 bits per heavy atom. The van der Waals surface area contributed by atoms with Crippen LogP contribution in [-0.2, 0) is 65.5 Å². The first kappa shape index (κ1) is 58.8. The molecule has 2 aromatic carbocycles. The van der Waals surface area contributed by atoms with Crippen LogP contribution in [0.2, 0.25) is 0 Å². The molecule has 0 unspecified atom stereocenters. The van der Waals surface area contributed by atoms with E-state index in [1.165, 1.54) is 37.8 Å². The van der Waals surface area contributed by atoms with Crippen LogP contribution in [0.25, 0.3) is 0 Å². The lowest BCUT2D eigenvalue weighted by atomic mass is 9.94. The third-order valence-corrected chi connectivity index (χ3v) is 14.2. The molecule has 5 rings (SSSR count). The predicted octanol–water partition coefficient (Wildman–Crippen LogP) is 0.355. The van der Waals surface area contributed by atoms with Gasteiger partial charge in [-0.15, -0.1) is 0 Å². The summed E-state index contributed by atoms with van der Waals surface area (Å²) in [4.78, 5) is 145. The molecule has 9 amide bonds. The normalized spacial score (nSPS) is 26.1. The number of methoxy groups -OCH3 is 1. The molecule has 0 saturated carbocycles. The van der Waals surface area contributed by atoms with Crippen molar-refractivity contribution in [1.82, 2.24) is 41.3 Å². The van der Waals surface area contributed by atoms with Gasteiger partial charge in [-0.1, -0.05) is 76.6 Å². The Morgan fingerprint density at radius 1 is 0.853 bits per heavy atom. The SMILES string of the molecule is CC[C@H](C)[C@@H]1NC(=O)[C@H](Cc2ccc(OC)cc2)N(C)C(=O)[C@H](Cc2ccccc2)N2C(=O)[C@H](CC[C@H]2O)NC(=O)[C@H](CC(C)C)NC(=O)[C@@H](NC(=O)[C@H](CCC(N)=O)NC(=O)[C@@H]2CCCN2C(C)=O)[C@@H](C)OC1=O. The number of aliphatic hydroxyl groups is 1. The van der Waals surface area contributed by atoms with Gasteiger partial charge in [0.05, 0.1) is 7.11 Å². The number of likely N-dealkylation sites (tertiary alicyclic amines) is 1. The summed E-state index contributed by atoms with van der Waals surface area (Å²) in [6.07, 6.45) is -2.95. The smallest absolute Gasteiger partial charge is 0.329 e. The number of nitrogens with two attached hydrogens (primary N) is 1. The van der Waals surface area contributed by atoms with E-state index in [2.05, 4.69) is 26.6 Å². The van der Waals surface area contributed by atoms with Gasteiger partial charge in [-0.2, -0.15) is 0 Å². The van der Waals surface area contributed by atoms with E-state index in [1.54, 1.807) is 82.3 Å². The number of piperidine rings is 1. The summed E-state index contributed by atoms with van der Waals surface area (Å²) >= 11 is 0. The second-order valence-corrected chi connectivity index (χ2v) is 20.2. The second kappa shape index (κ2) is 26.9. The van der Waals surface area contributed by atoms with Crippen LogP contribution < -0.4 is 37.1 Å². The molecule has 3 heterocycles. The molecule has 3 fully saturated rings. The van der Waals surface area contributed by atoms with Crippen LogP contribution in [-0.4, -0.2) is 160 Å². The summed E-state index contributed by atoms with van der Waals surface area (Å²) in [6, 6.07) is 4.45. The Bertz CT molecular complexity index is 2390. The molecule has 0 aliphatic carbocycles. The molecule has 3 aliphatic heterocycles. The molecule has 8 N–H and O–H groups in total. The molecule has 22 heteroatoms. The van der Waals surface area contributed by atoms with Gasteiger partial charge in [0.2, 0.25) is 53.2 Å². The minimum atomic E-state index is -1.81. The van der Waals surface area contributed by atoms with Crippen LogP contribution in [0.1, 0.15) is 104 Å². The average molecular weight is 1050 g/mol. The van der Waals surface area contributed by atoms with Crippen LogP contribution in [0.4, 0.5) is 0 Å². The first-order valence-corrected chi connectivity index (χ1v) is 25.8. The van der Waals surface area contributed by atoms with Gasteiger partial charge in [-0.25, -0.2) is 4.79 Å². The fourth-order valence-electron chi connectivity index (χ4n) is 9.69. The van der Waals surface area contributed by atoms with E-state index < -0.39 is 120 Å². The number of hydrogen-bond acceptors (Lipinski definition) is 13. The molecular formula is C53H75N9O13. The maximum atomic E-state index is 15.2. The molecule has 2 bridgehead atoms. The third-order valence-electron chi connectivity index (χ3n) is 14.2. The van der Waals surface area contributed by atoms with Gasteiger partial charge >= 0.3 is 5.97 Å². The number of carbonyl (C=O) groups excluding carboxylic acids is 10. The zero-order valence-electron chi connectivity index (χ0n) is 44.2. The fraction of sp³-hybridized carbons (Fsp3) is 0.585. The van der Waals surface area contributed by atoms with Crippen molar-refractivity contribution in [3.05, 3.63) is 65.7 Å².